The van der Waals surface area contributed by atoms with E-state index in [2.05, 4.69) is 12.2 Å². The fourth-order valence-electron chi connectivity index (χ4n) is 6.14. The molecule has 1 N–H and O–H groups in total. The molecular formula is C21H29N2O2+. The average molecular weight is 341 g/mol. The molecule has 25 heavy (non-hydrogen) atoms. The molecule has 4 bridgehead atoms. The van der Waals surface area contributed by atoms with Crippen LogP contribution in [0.15, 0.2) is 24.5 Å². The molecule has 0 unspecified atom stereocenters. The highest BCUT2D eigenvalue weighted by molar-refractivity contribution is 5.93. The Hall–Kier alpha value is -1.71. The van der Waals surface area contributed by atoms with Crippen LogP contribution in [0.25, 0.3) is 0 Å². The number of amides is 1. The van der Waals surface area contributed by atoms with Crippen molar-refractivity contribution in [1.29, 1.82) is 0 Å². The Morgan fingerprint density at radius 1 is 1.20 bits per heavy atom. The van der Waals surface area contributed by atoms with Crippen LogP contribution in [0.2, 0.25) is 0 Å². The van der Waals surface area contributed by atoms with E-state index in [1.54, 1.807) is 23.8 Å². The standard InChI is InChI=1S/C21H28N2O2/c1-14(24)19-4-3-5-23(12-19)13-20(25)22-15(2)21-9-16-6-17(10-21)8-18(7-16)11-21/h3-5,12,15-18H,6-11,13H2,1-2H3/p+1/t15-,16?,17?,18?,21?/m0/s1. The van der Waals surface area contributed by atoms with Gasteiger partial charge in [-0.25, -0.2) is 0 Å². The van der Waals surface area contributed by atoms with E-state index >= 15 is 0 Å². The van der Waals surface area contributed by atoms with Crippen molar-refractivity contribution in [2.24, 2.45) is 23.2 Å². The normalized spacial score (nSPS) is 33.9. The summed E-state index contributed by atoms with van der Waals surface area (Å²) < 4.78 is 1.80. The highest BCUT2D eigenvalue weighted by atomic mass is 16.2. The Morgan fingerprint density at radius 3 is 2.36 bits per heavy atom. The van der Waals surface area contributed by atoms with E-state index in [1.165, 1.54) is 38.5 Å². The van der Waals surface area contributed by atoms with E-state index in [-0.39, 0.29) is 24.3 Å². The third-order valence-corrected chi connectivity index (χ3v) is 6.97. The van der Waals surface area contributed by atoms with Gasteiger partial charge in [0.1, 0.15) is 0 Å². The van der Waals surface area contributed by atoms with Gasteiger partial charge in [0.25, 0.3) is 5.91 Å². The molecule has 0 spiro atoms. The molecule has 4 fully saturated rings. The van der Waals surface area contributed by atoms with Crippen LogP contribution >= 0.6 is 0 Å². The monoisotopic (exact) mass is 341 g/mol. The van der Waals surface area contributed by atoms with Crippen LogP contribution in [0.1, 0.15) is 62.7 Å². The van der Waals surface area contributed by atoms with Crippen molar-refractivity contribution in [3.8, 4) is 0 Å². The molecule has 0 radical (unpaired) electrons. The molecule has 1 atom stereocenters. The molecule has 4 heteroatoms. The second kappa shape index (κ2) is 6.22. The smallest absolute Gasteiger partial charge is 0.286 e. The third kappa shape index (κ3) is 3.23. The summed E-state index contributed by atoms with van der Waals surface area (Å²) in [5.41, 5.74) is 0.973. The molecule has 1 aromatic rings. The van der Waals surface area contributed by atoms with E-state index < -0.39 is 0 Å². The Bertz CT molecular complexity index is 662. The van der Waals surface area contributed by atoms with Crippen LogP contribution in [-0.2, 0) is 11.3 Å². The molecule has 5 rings (SSSR count). The van der Waals surface area contributed by atoms with E-state index in [0.717, 1.165) is 17.8 Å². The SMILES string of the molecule is CC(=O)c1ccc[n+](CC(=O)N[C@@H](C)C23CC4CC(CC(C4)C2)C3)c1. The summed E-state index contributed by atoms with van der Waals surface area (Å²) in [6, 6.07) is 3.85. The molecule has 0 aliphatic heterocycles. The minimum atomic E-state index is 0.0247. The number of carbonyl (C=O) groups is 2. The third-order valence-electron chi connectivity index (χ3n) is 6.97. The molecule has 1 aromatic heterocycles. The molecule has 4 aliphatic carbocycles. The van der Waals surface area contributed by atoms with Crippen LogP contribution in [0.3, 0.4) is 0 Å². The first-order valence-electron chi connectivity index (χ1n) is 9.73. The van der Waals surface area contributed by atoms with E-state index in [0.29, 0.717) is 11.0 Å². The van der Waals surface area contributed by atoms with Gasteiger partial charge < -0.3 is 5.32 Å². The molecule has 1 amide bonds. The number of ketones is 1. The molecule has 0 aromatic carbocycles. The maximum Gasteiger partial charge on any atom is 0.286 e. The Morgan fingerprint density at radius 2 is 1.80 bits per heavy atom. The lowest BCUT2D eigenvalue weighted by atomic mass is 9.48. The van der Waals surface area contributed by atoms with Crippen molar-refractivity contribution in [3.63, 3.8) is 0 Å². The highest BCUT2D eigenvalue weighted by Crippen LogP contribution is 2.61. The first-order chi connectivity index (χ1) is 11.9. The van der Waals surface area contributed by atoms with Crippen molar-refractivity contribution in [3.05, 3.63) is 30.1 Å². The summed E-state index contributed by atoms with van der Waals surface area (Å²) in [6.07, 6.45) is 11.8. The first kappa shape index (κ1) is 16.7. The van der Waals surface area contributed by atoms with Gasteiger partial charge in [0.15, 0.2) is 18.2 Å². The second-order valence-corrected chi connectivity index (χ2v) is 8.89. The molecule has 4 saturated carbocycles. The summed E-state index contributed by atoms with van der Waals surface area (Å²) in [7, 11) is 0. The number of nitrogens with one attached hydrogen (secondary N) is 1. The van der Waals surface area contributed by atoms with E-state index in [4.69, 9.17) is 0 Å². The fraction of sp³-hybridized carbons (Fsp3) is 0.667. The van der Waals surface area contributed by atoms with Gasteiger partial charge in [-0.1, -0.05) is 0 Å². The van der Waals surface area contributed by atoms with Crippen molar-refractivity contribution in [2.75, 3.05) is 0 Å². The summed E-state index contributed by atoms with van der Waals surface area (Å²) in [6.45, 7) is 4.04. The van der Waals surface area contributed by atoms with Crippen LogP contribution in [0.5, 0.6) is 0 Å². The van der Waals surface area contributed by atoms with Gasteiger partial charge in [-0.3, -0.25) is 9.59 Å². The average Bonchev–Trinajstić information content (AvgIpc) is 2.53. The number of pyridine rings is 1. The predicted octanol–water partition coefficient (Wildman–Crippen LogP) is 2.90. The molecule has 4 aliphatic rings. The first-order valence-corrected chi connectivity index (χ1v) is 9.73. The number of aromatic nitrogens is 1. The lowest BCUT2D eigenvalue weighted by Crippen LogP contribution is -2.57. The van der Waals surface area contributed by atoms with Crippen molar-refractivity contribution in [1.82, 2.24) is 5.32 Å². The zero-order chi connectivity index (χ0) is 17.6. The number of hydrogen-bond acceptors (Lipinski definition) is 2. The van der Waals surface area contributed by atoms with Gasteiger partial charge in [0.05, 0.1) is 5.56 Å². The topological polar surface area (TPSA) is 50.0 Å². The molecule has 1 heterocycles. The highest BCUT2D eigenvalue weighted by Gasteiger charge is 2.53. The van der Waals surface area contributed by atoms with Crippen molar-refractivity contribution < 1.29 is 14.2 Å². The van der Waals surface area contributed by atoms with Crippen molar-refractivity contribution in [2.45, 2.75) is 65.0 Å². The van der Waals surface area contributed by atoms with Gasteiger partial charge in [-0.2, -0.15) is 4.57 Å². The zero-order valence-corrected chi connectivity index (χ0v) is 15.3. The minimum Gasteiger partial charge on any atom is -0.348 e. The Kier molecular flexibility index (Phi) is 4.17. The van der Waals surface area contributed by atoms with Crippen molar-refractivity contribution >= 4 is 11.7 Å². The second-order valence-electron chi connectivity index (χ2n) is 8.89. The lowest BCUT2D eigenvalue weighted by molar-refractivity contribution is -0.684. The molecular weight excluding hydrogens is 312 g/mol. The molecule has 4 nitrogen and oxygen atoms in total. The summed E-state index contributed by atoms with van der Waals surface area (Å²) in [5.74, 6) is 2.76. The van der Waals surface area contributed by atoms with Crippen LogP contribution in [-0.4, -0.2) is 17.7 Å². The van der Waals surface area contributed by atoms with Gasteiger partial charge in [-0.05, 0) is 81.6 Å². The van der Waals surface area contributed by atoms with Gasteiger partial charge in [-0.15, -0.1) is 0 Å². The number of nitrogens with zero attached hydrogens (tertiary/aromatic N) is 1. The van der Waals surface area contributed by atoms with Crippen LogP contribution < -0.4 is 9.88 Å². The van der Waals surface area contributed by atoms with Gasteiger partial charge >= 0.3 is 0 Å². The quantitative estimate of drug-likeness (QED) is 0.661. The lowest BCUT2D eigenvalue weighted by Gasteiger charge is -2.59. The molecule has 0 saturated heterocycles. The minimum absolute atomic E-state index is 0.0247. The summed E-state index contributed by atoms with van der Waals surface area (Å²) in [5, 5.41) is 3.29. The number of Topliss-reactive ketones (excluding diaryl/α,β-unsaturated/α-hetero) is 1. The number of carbonyl (C=O) groups excluding carboxylic acids is 2. The number of hydrogen-bond donors (Lipinski definition) is 1. The fourth-order valence-corrected chi connectivity index (χ4v) is 6.14. The summed E-state index contributed by atoms with van der Waals surface area (Å²) >= 11 is 0. The largest absolute Gasteiger partial charge is 0.348 e. The van der Waals surface area contributed by atoms with E-state index in [9.17, 15) is 9.59 Å². The zero-order valence-electron chi connectivity index (χ0n) is 15.3. The Balaban J connectivity index is 1.41. The van der Waals surface area contributed by atoms with Crippen LogP contribution in [0.4, 0.5) is 0 Å². The molecule has 134 valence electrons. The maximum atomic E-state index is 12.6. The number of rotatable bonds is 5. The maximum absolute atomic E-state index is 12.6. The van der Waals surface area contributed by atoms with Gasteiger partial charge in [0, 0.05) is 12.1 Å². The van der Waals surface area contributed by atoms with E-state index in [1.807, 2.05) is 12.3 Å². The van der Waals surface area contributed by atoms with Gasteiger partial charge in [0.2, 0.25) is 6.54 Å². The predicted molar refractivity (Wildman–Crippen MR) is 94.9 cm³/mol. The Labute approximate surface area is 150 Å². The van der Waals surface area contributed by atoms with Crippen LogP contribution in [0, 0.1) is 23.2 Å². The summed E-state index contributed by atoms with van der Waals surface area (Å²) in [4.78, 5) is 24.1.